The SMILES string of the molecule is C=C1CNC2CCN1CC2. The molecule has 0 atom stereocenters. The van der Waals surface area contributed by atoms with Crippen LogP contribution in [-0.2, 0) is 0 Å². The number of rotatable bonds is 0. The molecule has 0 aromatic heterocycles. The molecule has 0 spiro atoms. The number of fused-ring (bicyclic) bond motifs is 4. The molecule has 2 heteroatoms. The van der Waals surface area contributed by atoms with Crippen molar-refractivity contribution in [3.05, 3.63) is 12.3 Å². The van der Waals surface area contributed by atoms with Gasteiger partial charge in [0, 0.05) is 31.4 Å². The molecule has 3 aliphatic rings. The van der Waals surface area contributed by atoms with Crippen molar-refractivity contribution in [2.24, 2.45) is 0 Å². The molecular weight excluding hydrogens is 124 g/mol. The lowest BCUT2D eigenvalue weighted by Gasteiger charge is -2.28. The molecule has 0 radical (unpaired) electrons. The fourth-order valence-electron chi connectivity index (χ4n) is 1.77. The second kappa shape index (κ2) is 2.27. The molecule has 0 aromatic carbocycles. The third kappa shape index (κ3) is 0.926. The molecule has 0 saturated carbocycles. The Morgan fingerprint density at radius 1 is 1.40 bits per heavy atom. The molecule has 1 N–H and O–H groups in total. The van der Waals surface area contributed by atoms with Gasteiger partial charge in [0.15, 0.2) is 0 Å². The summed E-state index contributed by atoms with van der Waals surface area (Å²) in [7, 11) is 0. The second-order valence-electron chi connectivity index (χ2n) is 3.21. The van der Waals surface area contributed by atoms with E-state index < -0.39 is 0 Å². The number of piperidine rings is 1. The fraction of sp³-hybridized carbons (Fsp3) is 0.750. The van der Waals surface area contributed by atoms with Gasteiger partial charge >= 0.3 is 0 Å². The van der Waals surface area contributed by atoms with Gasteiger partial charge in [0.1, 0.15) is 0 Å². The maximum Gasteiger partial charge on any atom is 0.0352 e. The molecule has 2 bridgehead atoms. The Kier molecular flexibility index (Phi) is 1.42. The van der Waals surface area contributed by atoms with Crippen LogP contribution in [0.1, 0.15) is 12.8 Å². The highest BCUT2D eigenvalue weighted by Crippen LogP contribution is 2.17. The number of hydrogen-bond donors (Lipinski definition) is 1. The number of nitrogens with zero attached hydrogens (tertiary/aromatic N) is 1. The van der Waals surface area contributed by atoms with Crippen LogP contribution in [0.4, 0.5) is 0 Å². The molecule has 56 valence electrons. The van der Waals surface area contributed by atoms with E-state index in [0.717, 1.165) is 12.6 Å². The Morgan fingerprint density at radius 2 is 2.10 bits per heavy atom. The average molecular weight is 138 g/mol. The summed E-state index contributed by atoms with van der Waals surface area (Å²) in [6.07, 6.45) is 2.61. The molecule has 3 fully saturated rings. The monoisotopic (exact) mass is 138 g/mol. The standard InChI is InChI=1S/C8H14N2/c1-7-6-9-8-2-4-10(7)5-3-8/h8-9H,1-6H2. The summed E-state index contributed by atoms with van der Waals surface area (Å²) >= 11 is 0. The van der Waals surface area contributed by atoms with Crippen LogP contribution in [0.25, 0.3) is 0 Å². The van der Waals surface area contributed by atoms with E-state index >= 15 is 0 Å². The zero-order valence-corrected chi connectivity index (χ0v) is 6.27. The smallest absolute Gasteiger partial charge is 0.0352 e. The summed E-state index contributed by atoms with van der Waals surface area (Å²) in [5.74, 6) is 0. The van der Waals surface area contributed by atoms with Crippen molar-refractivity contribution in [1.82, 2.24) is 10.2 Å². The van der Waals surface area contributed by atoms with Crippen LogP contribution in [0.2, 0.25) is 0 Å². The lowest BCUT2D eigenvalue weighted by atomic mass is 10.1. The predicted molar refractivity (Wildman–Crippen MR) is 41.7 cm³/mol. The molecule has 3 rings (SSSR count). The van der Waals surface area contributed by atoms with Gasteiger partial charge in [-0.2, -0.15) is 0 Å². The Bertz CT molecular complexity index is 145. The normalized spacial score (nSPS) is 27.2. The minimum absolute atomic E-state index is 0.774. The van der Waals surface area contributed by atoms with Gasteiger partial charge < -0.3 is 10.2 Å². The Morgan fingerprint density at radius 3 is 2.80 bits per heavy atom. The van der Waals surface area contributed by atoms with Gasteiger partial charge in [-0.25, -0.2) is 0 Å². The zero-order valence-electron chi connectivity index (χ0n) is 6.27. The van der Waals surface area contributed by atoms with E-state index in [2.05, 4.69) is 16.8 Å². The van der Waals surface area contributed by atoms with Crippen LogP contribution < -0.4 is 5.32 Å². The van der Waals surface area contributed by atoms with Crippen LogP contribution in [0.3, 0.4) is 0 Å². The summed E-state index contributed by atoms with van der Waals surface area (Å²) in [6, 6.07) is 0.774. The minimum atomic E-state index is 0.774. The van der Waals surface area contributed by atoms with Crippen LogP contribution in [-0.4, -0.2) is 30.6 Å². The van der Waals surface area contributed by atoms with Crippen molar-refractivity contribution in [2.75, 3.05) is 19.6 Å². The highest BCUT2D eigenvalue weighted by Gasteiger charge is 2.23. The quantitative estimate of drug-likeness (QED) is 0.526. The lowest BCUT2D eigenvalue weighted by molar-refractivity contribution is 0.283. The first-order valence-corrected chi connectivity index (χ1v) is 4.02. The number of nitrogens with one attached hydrogen (secondary N) is 1. The van der Waals surface area contributed by atoms with Gasteiger partial charge in [0.25, 0.3) is 0 Å². The summed E-state index contributed by atoms with van der Waals surface area (Å²) in [6.45, 7) is 7.46. The molecule has 10 heavy (non-hydrogen) atoms. The third-order valence-corrected chi connectivity index (χ3v) is 2.54. The molecule has 3 saturated heterocycles. The van der Waals surface area contributed by atoms with E-state index in [1.54, 1.807) is 0 Å². The maximum absolute atomic E-state index is 4.02. The lowest BCUT2D eigenvalue weighted by Crippen LogP contribution is -2.34. The van der Waals surface area contributed by atoms with Crippen molar-refractivity contribution in [1.29, 1.82) is 0 Å². The van der Waals surface area contributed by atoms with Gasteiger partial charge in [0.05, 0.1) is 0 Å². The van der Waals surface area contributed by atoms with Crippen molar-refractivity contribution in [2.45, 2.75) is 18.9 Å². The highest BCUT2D eigenvalue weighted by atomic mass is 15.2. The topological polar surface area (TPSA) is 15.3 Å². The molecule has 2 nitrogen and oxygen atoms in total. The van der Waals surface area contributed by atoms with E-state index in [-0.39, 0.29) is 0 Å². The Labute approximate surface area is 61.9 Å². The van der Waals surface area contributed by atoms with Crippen molar-refractivity contribution < 1.29 is 0 Å². The summed E-state index contributed by atoms with van der Waals surface area (Å²) in [5, 5.41) is 3.48. The Balaban J connectivity index is 2.14. The van der Waals surface area contributed by atoms with Gasteiger partial charge in [-0.3, -0.25) is 0 Å². The molecule has 0 unspecified atom stereocenters. The first kappa shape index (κ1) is 6.23. The van der Waals surface area contributed by atoms with Crippen LogP contribution in [0.5, 0.6) is 0 Å². The molecule has 3 heterocycles. The van der Waals surface area contributed by atoms with E-state index in [1.807, 2.05) is 0 Å². The second-order valence-corrected chi connectivity index (χ2v) is 3.21. The van der Waals surface area contributed by atoms with E-state index in [9.17, 15) is 0 Å². The minimum Gasteiger partial charge on any atom is -0.374 e. The van der Waals surface area contributed by atoms with Crippen LogP contribution in [0, 0.1) is 0 Å². The van der Waals surface area contributed by atoms with Gasteiger partial charge in [-0.15, -0.1) is 0 Å². The first-order valence-electron chi connectivity index (χ1n) is 4.02. The Hall–Kier alpha value is -0.500. The molecule has 0 aromatic rings. The summed E-state index contributed by atoms with van der Waals surface area (Å²) in [5.41, 5.74) is 1.28. The van der Waals surface area contributed by atoms with Gasteiger partial charge in [-0.05, 0) is 12.8 Å². The van der Waals surface area contributed by atoms with Crippen LogP contribution >= 0.6 is 0 Å². The molecule has 0 aliphatic carbocycles. The van der Waals surface area contributed by atoms with Crippen LogP contribution in [0.15, 0.2) is 12.3 Å². The van der Waals surface area contributed by atoms with Crippen molar-refractivity contribution in [3.63, 3.8) is 0 Å². The molecular formula is C8H14N2. The first-order chi connectivity index (χ1) is 4.86. The predicted octanol–water partition coefficient (Wildman–Crippen LogP) is 0.568. The molecule has 0 amide bonds. The van der Waals surface area contributed by atoms with E-state index in [1.165, 1.54) is 31.6 Å². The maximum atomic E-state index is 4.02. The van der Waals surface area contributed by atoms with Crippen molar-refractivity contribution in [3.8, 4) is 0 Å². The summed E-state index contributed by atoms with van der Waals surface area (Å²) in [4.78, 5) is 2.40. The molecule has 3 aliphatic heterocycles. The van der Waals surface area contributed by atoms with E-state index in [0.29, 0.717) is 0 Å². The van der Waals surface area contributed by atoms with Gasteiger partial charge in [-0.1, -0.05) is 6.58 Å². The highest BCUT2D eigenvalue weighted by molar-refractivity contribution is 5.03. The number of hydrogen-bond acceptors (Lipinski definition) is 2. The summed E-state index contributed by atoms with van der Waals surface area (Å²) < 4.78 is 0. The van der Waals surface area contributed by atoms with E-state index in [4.69, 9.17) is 0 Å². The zero-order chi connectivity index (χ0) is 6.97. The third-order valence-electron chi connectivity index (χ3n) is 2.54. The average Bonchev–Trinajstić information content (AvgIpc) is 2.24. The van der Waals surface area contributed by atoms with Gasteiger partial charge in [0.2, 0.25) is 0 Å². The fourth-order valence-corrected chi connectivity index (χ4v) is 1.77. The van der Waals surface area contributed by atoms with Crippen molar-refractivity contribution >= 4 is 0 Å². The largest absolute Gasteiger partial charge is 0.374 e.